The quantitative estimate of drug-likeness (QED) is 0.845. The number of hydrogen-bond donors (Lipinski definition) is 1. The minimum atomic E-state index is -0.332. The summed E-state index contributed by atoms with van der Waals surface area (Å²) in [5, 5.41) is 11.0. The van der Waals surface area contributed by atoms with Crippen LogP contribution in [0.15, 0.2) is 37.9 Å². The number of fused-ring (bicyclic) bond motifs is 1. The lowest BCUT2D eigenvalue weighted by molar-refractivity contribution is 0.0260. The fourth-order valence-electron chi connectivity index (χ4n) is 2.83. The minimum absolute atomic E-state index is 0.292. The van der Waals surface area contributed by atoms with Crippen molar-refractivity contribution in [3.8, 4) is 0 Å². The Morgan fingerprint density at radius 2 is 2.24 bits per heavy atom. The predicted octanol–water partition coefficient (Wildman–Crippen LogP) is 2.76. The molecule has 1 saturated heterocycles. The summed E-state index contributed by atoms with van der Waals surface area (Å²) in [6.07, 6.45) is 0.686. The van der Waals surface area contributed by atoms with E-state index in [2.05, 4.69) is 27.8 Å². The summed E-state index contributed by atoms with van der Waals surface area (Å²) in [6, 6.07) is 7.27. The molecule has 21 heavy (non-hydrogen) atoms. The average Bonchev–Trinajstić information content (AvgIpc) is 2.42. The second-order valence-corrected chi connectivity index (χ2v) is 6.72. The van der Waals surface area contributed by atoms with Crippen molar-refractivity contribution in [2.24, 2.45) is 5.92 Å². The zero-order chi connectivity index (χ0) is 15.0. The lowest BCUT2D eigenvalue weighted by Gasteiger charge is -2.34. The SMILES string of the molecule is CC1CCN(Cc2cc(=O)oc3cc(Br)ccc23)CC1O. The highest BCUT2D eigenvalue weighted by Gasteiger charge is 2.24. The predicted molar refractivity (Wildman–Crippen MR) is 85.2 cm³/mol. The maximum absolute atomic E-state index is 11.7. The second kappa shape index (κ2) is 5.91. The van der Waals surface area contributed by atoms with E-state index in [-0.39, 0.29) is 11.7 Å². The molecule has 1 fully saturated rings. The Balaban J connectivity index is 1.92. The van der Waals surface area contributed by atoms with Crippen LogP contribution in [0, 0.1) is 5.92 Å². The first-order valence-electron chi connectivity index (χ1n) is 7.15. The summed E-state index contributed by atoms with van der Waals surface area (Å²) in [5.74, 6) is 0.342. The molecule has 2 unspecified atom stereocenters. The van der Waals surface area contributed by atoms with E-state index in [1.54, 1.807) is 6.07 Å². The maximum atomic E-state index is 11.7. The van der Waals surface area contributed by atoms with Gasteiger partial charge in [0.25, 0.3) is 0 Å². The number of rotatable bonds is 2. The molecule has 1 aromatic carbocycles. The molecule has 3 rings (SSSR count). The standard InChI is InChI=1S/C16H18BrNO3/c1-10-4-5-18(9-14(10)19)8-11-6-16(20)21-15-7-12(17)2-3-13(11)15/h2-3,6-7,10,14,19H,4-5,8-9H2,1H3. The third kappa shape index (κ3) is 3.20. The molecule has 0 saturated carbocycles. The summed E-state index contributed by atoms with van der Waals surface area (Å²) in [5.41, 5.74) is 1.22. The zero-order valence-corrected chi connectivity index (χ0v) is 13.5. The molecule has 2 atom stereocenters. The van der Waals surface area contributed by atoms with Gasteiger partial charge in [0, 0.05) is 29.0 Å². The Labute approximate surface area is 131 Å². The molecule has 2 heterocycles. The fourth-order valence-corrected chi connectivity index (χ4v) is 3.17. The molecular formula is C16H18BrNO3. The number of aliphatic hydroxyl groups is 1. The third-order valence-corrected chi connectivity index (χ3v) is 4.68. The molecule has 0 bridgehead atoms. The Kier molecular flexibility index (Phi) is 4.15. The van der Waals surface area contributed by atoms with Crippen LogP contribution in [0.4, 0.5) is 0 Å². The molecule has 1 N–H and O–H groups in total. The van der Waals surface area contributed by atoms with Crippen molar-refractivity contribution in [3.63, 3.8) is 0 Å². The monoisotopic (exact) mass is 351 g/mol. The first kappa shape index (κ1) is 14.8. The van der Waals surface area contributed by atoms with Crippen LogP contribution in [0.25, 0.3) is 11.0 Å². The van der Waals surface area contributed by atoms with Gasteiger partial charge in [0.05, 0.1) is 6.10 Å². The highest BCUT2D eigenvalue weighted by Crippen LogP contribution is 2.24. The lowest BCUT2D eigenvalue weighted by atomic mass is 9.95. The van der Waals surface area contributed by atoms with Crippen LogP contribution in [0.2, 0.25) is 0 Å². The van der Waals surface area contributed by atoms with E-state index >= 15 is 0 Å². The number of benzene rings is 1. The van der Waals surface area contributed by atoms with Gasteiger partial charge < -0.3 is 9.52 Å². The zero-order valence-electron chi connectivity index (χ0n) is 11.9. The Hall–Kier alpha value is -1.17. The molecule has 0 spiro atoms. The van der Waals surface area contributed by atoms with E-state index in [4.69, 9.17) is 4.42 Å². The van der Waals surface area contributed by atoms with Crippen LogP contribution in [0.3, 0.4) is 0 Å². The number of likely N-dealkylation sites (tertiary alicyclic amines) is 1. The van der Waals surface area contributed by atoms with Gasteiger partial charge in [-0.1, -0.05) is 22.9 Å². The van der Waals surface area contributed by atoms with Crippen molar-refractivity contribution in [1.82, 2.24) is 4.90 Å². The van der Waals surface area contributed by atoms with E-state index in [0.717, 1.165) is 28.4 Å². The van der Waals surface area contributed by atoms with E-state index in [1.165, 1.54) is 0 Å². The smallest absolute Gasteiger partial charge is 0.336 e. The van der Waals surface area contributed by atoms with Gasteiger partial charge in [0.15, 0.2) is 0 Å². The molecule has 0 amide bonds. The molecule has 0 aliphatic carbocycles. The highest BCUT2D eigenvalue weighted by molar-refractivity contribution is 9.10. The largest absolute Gasteiger partial charge is 0.423 e. The number of piperidine rings is 1. The van der Waals surface area contributed by atoms with Crippen molar-refractivity contribution in [3.05, 3.63) is 44.7 Å². The van der Waals surface area contributed by atoms with Gasteiger partial charge in [-0.05, 0) is 42.6 Å². The molecule has 0 radical (unpaired) electrons. The van der Waals surface area contributed by atoms with Crippen molar-refractivity contribution in [2.45, 2.75) is 26.0 Å². The van der Waals surface area contributed by atoms with E-state index in [0.29, 0.717) is 24.6 Å². The highest BCUT2D eigenvalue weighted by atomic mass is 79.9. The molecule has 1 aromatic heterocycles. The first-order valence-corrected chi connectivity index (χ1v) is 7.95. The summed E-state index contributed by atoms with van der Waals surface area (Å²) < 4.78 is 6.14. The van der Waals surface area contributed by atoms with E-state index in [9.17, 15) is 9.90 Å². The summed E-state index contributed by atoms with van der Waals surface area (Å²) in [7, 11) is 0. The lowest BCUT2D eigenvalue weighted by Crippen LogP contribution is -2.42. The van der Waals surface area contributed by atoms with Gasteiger partial charge in [0.1, 0.15) is 5.58 Å². The fraction of sp³-hybridized carbons (Fsp3) is 0.438. The van der Waals surface area contributed by atoms with Crippen LogP contribution >= 0.6 is 15.9 Å². The van der Waals surface area contributed by atoms with Crippen molar-refractivity contribution >= 4 is 26.9 Å². The van der Waals surface area contributed by atoms with E-state index in [1.807, 2.05) is 18.2 Å². The van der Waals surface area contributed by atoms with Gasteiger partial charge in [-0.15, -0.1) is 0 Å². The summed E-state index contributed by atoms with van der Waals surface area (Å²) in [4.78, 5) is 13.9. The number of aliphatic hydroxyl groups excluding tert-OH is 1. The van der Waals surface area contributed by atoms with Crippen LogP contribution in [0.1, 0.15) is 18.9 Å². The molecule has 1 aliphatic rings. The second-order valence-electron chi connectivity index (χ2n) is 5.80. The maximum Gasteiger partial charge on any atom is 0.336 e. The van der Waals surface area contributed by atoms with Crippen LogP contribution in [-0.4, -0.2) is 29.2 Å². The first-order chi connectivity index (χ1) is 10.0. The van der Waals surface area contributed by atoms with Gasteiger partial charge in [0.2, 0.25) is 0 Å². The van der Waals surface area contributed by atoms with Gasteiger partial charge in [-0.3, -0.25) is 4.90 Å². The molecule has 5 heteroatoms. The van der Waals surface area contributed by atoms with Gasteiger partial charge >= 0.3 is 5.63 Å². The van der Waals surface area contributed by atoms with E-state index < -0.39 is 0 Å². The molecule has 112 valence electrons. The van der Waals surface area contributed by atoms with Crippen LogP contribution < -0.4 is 5.63 Å². The number of hydrogen-bond acceptors (Lipinski definition) is 4. The summed E-state index contributed by atoms with van der Waals surface area (Å²) in [6.45, 7) is 4.33. The van der Waals surface area contributed by atoms with Gasteiger partial charge in [-0.25, -0.2) is 4.79 Å². The van der Waals surface area contributed by atoms with Crippen LogP contribution in [-0.2, 0) is 6.54 Å². The Bertz CT molecular complexity index is 712. The average molecular weight is 352 g/mol. The normalized spacial score (nSPS) is 23.6. The number of nitrogens with zero attached hydrogens (tertiary/aromatic N) is 1. The molecule has 4 nitrogen and oxygen atoms in total. The number of halogens is 1. The Morgan fingerprint density at radius 3 is 3.00 bits per heavy atom. The van der Waals surface area contributed by atoms with Gasteiger partial charge in [-0.2, -0.15) is 0 Å². The summed E-state index contributed by atoms with van der Waals surface area (Å²) >= 11 is 3.39. The molecule has 1 aliphatic heterocycles. The minimum Gasteiger partial charge on any atom is -0.423 e. The third-order valence-electron chi connectivity index (χ3n) is 4.19. The van der Waals surface area contributed by atoms with Crippen molar-refractivity contribution in [2.75, 3.05) is 13.1 Å². The topological polar surface area (TPSA) is 53.7 Å². The van der Waals surface area contributed by atoms with Crippen LogP contribution in [0.5, 0.6) is 0 Å². The van der Waals surface area contributed by atoms with Crippen molar-refractivity contribution in [1.29, 1.82) is 0 Å². The Morgan fingerprint density at radius 1 is 1.43 bits per heavy atom. The van der Waals surface area contributed by atoms with Crippen molar-refractivity contribution < 1.29 is 9.52 Å². The molecular weight excluding hydrogens is 334 g/mol. The molecule has 2 aromatic rings. The number of β-amino-alcohol motifs (C(OH)–C–C–N with tert-alkyl or cyclic N) is 1.